The summed E-state index contributed by atoms with van der Waals surface area (Å²) >= 11 is 1.19. The van der Waals surface area contributed by atoms with Gasteiger partial charge in [-0.1, -0.05) is 6.07 Å². The minimum Gasteiger partial charge on any atom is -0.324 e. The van der Waals surface area contributed by atoms with Gasteiger partial charge >= 0.3 is 0 Å². The van der Waals surface area contributed by atoms with Gasteiger partial charge in [0.1, 0.15) is 11.6 Å². The van der Waals surface area contributed by atoms with Crippen molar-refractivity contribution >= 4 is 44.6 Å². The number of rotatable bonds is 3. The molecule has 0 aliphatic heterocycles. The molecule has 0 atom stereocenters. The number of hydrogen-bond donors (Lipinski definition) is 2. The van der Waals surface area contributed by atoms with Crippen molar-refractivity contribution in [3.63, 3.8) is 0 Å². The molecule has 2 aromatic carbocycles. The summed E-state index contributed by atoms with van der Waals surface area (Å²) in [5.74, 6) is -1.81. The maximum absolute atomic E-state index is 14.0. The van der Waals surface area contributed by atoms with Crippen molar-refractivity contribution in [1.29, 1.82) is 0 Å². The van der Waals surface area contributed by atoms with E-state index in [9.17, 15) is 18.4 Å². The maximum atomic E-state index is 14.0. The van der Waals surface area contributed by atoms with Gasteiger partial charge in [0.05, 0.1) is 10.6 Å². The molecule has 4 nitrogen and oxygen atoms in total. The number of halogens is 2. The van der Waals surface area contributed by atoms with E-state index >= 15 is 0 Å². The molecule has 0 fully saturated rings. The van der Waals surface area contributed by atoms with Crippen LogP contribution >= 0.6 is 11.3 Å². The largest absolute Gasteiger partial charge is 0.324 e. The van der Waals surface area contributed by atoms with Gasteiger partial charge in [-0.05, 0) is 42.8 Å². The Morgan fingerprint density at radius 1 is 1.04 bits per heavy atom. The van der Waals surface area contributed by atoms with Gasteiger partial charge < -0.3 is 10.6 Å². The van der Waals surface area contributed by atoms with E-state index in [1.54, 1.807) is 19.1 Å². The van der Waals surface area contributed by atoms with Crippen LogP contribution in [0.5, 0.6) is 0 Å². The van der Waals surface area contributed by atoms with Gasteiger partial charge in [-0.2, -0.15) is 0 Å². The smallest absolute Gasteiger partial charge is 0.266 e. The van der Waals surface area contributed by atoms with Crippen molar-refractivity contribution < 1.29 is 18.4 Å². The summed E-state index contributed by atoms with van der Waals surface area (Å²) in [5, 5.41) is 5.43. The molecule has 0 bridgehead atoms. The van der Waals surface area contributed by atoms with Crippen LogP contribution in [0.2, 0.25) is 0 Å². The molecule has 2 N–H and O–H groups in total. The molecule has 0 aliphatic rings. The Kier molecular flexibility index (Phi) is 4.50. The highest BCUT2D eigenvalue weighted by Gasteiger charge is 2.18. The van der Waals surface area contributed by atoms with Crippen molar-refractivity contribution in [2.75, 3.05) is 10.6 Å². The Balaban J connectivity index is 1.92. The lowest BCUT2D eigenvalue weighted by Gasteiger charge is -2.08. The number of anilines is 2. The highest BCUT2D eigenvalue weighted by molar-refractivity contribution is 7.21. The molecule has 3 aromatic rings. The van der Waals surface area contributed by atoms with Crippen molar-refractivity contribution in [2.24, 2.45) is 0 Å². The number of nitrogens with one attached hydrogen (secondary N) is 2. The molecule has 25 heavy (non-hydrogen) atoms. The van der Waals surface area contributed by atoms with Gasteiger partial charge in [0.2, 0.25) is 5.91 Å². The number of thiophene rings is 1. The van der Waals surface area contributed by atoms with E-state index in [0.717, 1.165) is 6.07 Å². The third kappa shape index (κ3) is 3.36. The Bertz CT molecular complexity index is 998. The summed E-state index contributed by atoms with van der Waals surface area (Å²) in [6, 6.07) is 8.57. The Hall–Kier alpha value is -2.80. The molecule has 3 rings (SSSR count). The number of hydrogen-bond acceptors (Lipinski definition) is 3. The SMILES string of the molecule is CC(=O)Nc1cc(NC(=O)c2sc3cccc(F)c3c2C)ccc1F. The third-order valence-electron chi connectivity index (χ3n) is 3.64. The first-order chi connectivity index (χ1) is 11.9. The van der Waals surface area contributed by atoms with Crippen LogP contribution in [0.1, 0.15) is 22.2 Å². The fraction of sp³-hybridized carbons (Fsp3) is 0.111. The van der Waals surface area contributed by atoms with Crippen LogP contribution in [-0.2, 0) is 4.79 Å². The van der Waals surface area contributed by atoms with Gasteiger partial charge in [-0.15, -0.1) is 11.3 Å². The van der Waals surface area contributed by atoms with E-state index in [1.165, 1.54) is 36.5 Å². The second-order valence-corrected chi connectivity index (χ2v) is 6.55. The number of amides is 2. The number of aryl methyl sites for hydroxylation is 1. The molecule has 0 unspecified atom stereocenters. The molecule has 0 aliphatic carbocycles. The van der Waals surface area contributed by atoms with Gasteiger partial charge in [0.15, 0.2) is 0 Å². The summed E-state index contributed by atoms with van der Waals surface area (Å²) < 4.78 is 28.3. The zero-order valence-corrected chi connectivity index (χ0v) is 14.3. The molecule has 128 valence electrons. The van der Waals surface area contributed by atoms with E-state index in [2.05, 4.69) is 10.6 Å². The molecule has 0 spiro atoms. The highest BCUT2D eigenvalue weighted by Crippen LogP contribution is 2.33. The third-order valence-corrected chi connectivity index (χ3v) is 4.90. The van der Waals surface area contributed by atoms with Crippen molar-refractivity contribution in [2.45, 2.75) is 13.8 Å². The fourth-order valence-corrected chi connectivity index (χ4v) is 3.66. The maximum Gasteiger partial charge on any atom is 0.266 e. The molecule has 7 heteroatoms. The molecule has 0 radical (unpaired) electrons. The summed E-state index contributed by atoms with van der Waals surface area (Å²) in [6.45, 7) is 2.95. The van der Waals surface area contributed by atoms with Gasteiger partial charge in [0, 0.05) is 22.7 Å². The van der Waals surface area contributed by atoms with E-state index in [4.69, 9.17) is 0 Å². The minimum absolute atomic E-state index is 0.0237. The molecule has 0 saturated heterocycles. The molecule has 2 amide bonds. The zero-order chi connectivity index (χ0) is 18.1. The van der Waals surface area contributed by atoms with Gasteiger partial charge in [0.25, 0.3) is 5.91 Å². The van der Waals surface area contributed by atoms with Crippen molar-refractivity contribution in [1.82, 2.24) is 0 Å². The first kappa shape index (κ1) is 17.0. The van der Waals surface area contributed by atoms with Crippen LogP contribution in [0.3, 0.4) is 0 Å². The highest BCUT2D eigenvalue weighted by atomic mass is 32.1. The predicted octanol–water partition coefficient (Wildman–Crippen LogP) is 4.70. The number of carbonyl (C=O) groups is 2. The fourth-order valence-electron chi connectivity index (χ4n) is 2.55. The van der Waals surface area contributed by atoms with E-state index in [-0.39, 0.29) is 11.5 Å². The van der Waals surface area contributed by atoms with Gasteiger partial charge in [-0.25, -0.2) is 8.78 Å². The number of benzene rings is 2. The van der Waals surface area contributed by atoms with Crippen LogP contribution in [-0.4, -0.2) is 11.8 Å². The van der Waals surface area contributed by atoms with Crippen LogP contribution in [0, 0.1) is 18.6 Å². The zero-order valence-electron chi connectivity index (χ0n) is 13.4. The number of fused-ring (bicyclic) bond motifs is 1. The topological polar surface area (TPSA) is 58.2 Å². The first-order valence-electron chi connectivity index (χ1n) is 7.43. The summed E-state index contributed by atoms with van der Waals surface area (Å²) in [4.78, 5) is 24.0. The normalized spacial score (nSPS) is 10.7. The minimum atomic E-state index is -0.603. The second kappa shape index (κ2) is 6.60. The molecule has 1 aromatic heterocycles. The second-order valence-electron chi connectivity index (χ2n) is 5.50. The summed E-state index contributed by atoms with van der Waals surface area (Å²) in [7, 11) is 0. The Morgan fingerprint density at radius 3 is 2.48 bits per heavy atom. The monoisotopic (exact) mass is 360 g/mol. The lowest BCUT2D eigenvalue weighted by molar-refractivity contribution is -0.114. The summed E-state index contributed by atoms with van der Waals surface area (Å²) in [5.41, 5.74) is 0.858. The first-order valence-corrected chi connectivity index (χ1v) is 8.24. The van der Waals surface area contributed by atoms with E-state index in [1.807, 2.05) is 0 Å². The number of carbonyl (C=O) groups excluding carboxylic acids is 2. The standard InChI is InChI=1S/C18H14F2N2O2S/c1-9-16-13(20)4-3-5-15(16)25-17(9)18(24)22-11-6-7-12(19)14(8-11)21-10(2)23/h3-8H,1-2H3,(H,21,23)(H,22,24). The van der Waals surface area contributed by atoms with Crippen LogP contribution < -0.4 is 10.6 Å². The van der Waals surface area contributed by atoms with E-state index in [0.29, 0.717) is 26.2 Å². The van der Waals surface area contributed by atoms with Crippen molar-refractivity contribution in [3.05, 3.63) is 58.5 Å². The van der Waals surface area contributed by atoms with E-state index < -0.39 is 17.6 Å². The molecule has 0 saturated carbocycles. The van der Waals surface area contributed by atoms with Gasteiger partial charge in [-0.3, -0.25) is 9.59 Å². The van der Waals surface area contributed by atoms with Crippen LogP contribution in [0.25, 0.3) is 10.1 Å². The quantitative estimate of drug-likeness (QED) is 0.711. The molecular weight excluding hydrogens is 346 g/mol. The Labute approximate surface area is 146 Å². The lowest BCUT2D eigenvalue weighted by atomic mass is 10.1. The van der Waals surface area contributed by atoms with Crippen LogP contribution in [0.4, 0.5) is 20.2 Å². The average Bonchev–Trinajstić information content (AvgIpc) is 2.88. The lowest BCUT2D eigenvalue weighted by Crippen LogP contribution is -2.13. The Morgan fingerprint density at radius 2 is 1.80 bits per heavy atom. The molecule has 1 heterocycles. The predicted molar refractivity (Wildman–Crippen MR) is 95.2 cm³/mol. The summed E-state index contributed by atoms with van der Waals surface area (Å²) in [6.07, 6.45) is 0. The molecular formula is C18H14F2N2O2S. The average molecular weight is 360 g/mol. The van der Waals surface area contributed by atoms with Crippen molar-refractivity contribution in [3.8, 4) is 0 Å². The van der Waals surface area contributed by atoms with Crippen LogP contribution in [0.15, 0.2) is 36.4 Å².